The fourth-order valence-electron chi connectivity index (χ4n) is 8.58. The number of amides is 1. The molecular weight excluding hydrogens is 834 g/mol. The number of piperazine rings is 1. The number of likely N-dealkylation sites (tertiary alicyclic amines) is 1. The number of nitrogens with two attached hydrogens (primary N) is 1. The lowest BCUT2D eigenvalue weighted by Gasteiger charge is -2.39. The monoisotopic (exact) mass is 895 g/mol. The van der Waals surface area contributed by atoms with Crippen molar-refractivity contribution < 1.29 is 18.7 Å². The molecular formula is C46H62FN13O3S. The smallest absolute Gasteiger partial charge is 0.247 e. The molecule has 2 aromatic carbocycles. The number of carbonyl (C=O) groups is 2. The van der Waals surface area contributed by atoms with E-state index >= 15 is 4.39 Å². The minimum Gasteiger partial charge on any atom is -0.485 e. The van der Waals surface area contributed by atoms with Gasteiger partial charge >= 0.3 is 0 Å². The molecule has 0 radical (unpaired) electrons. The van der Waals surface area contributed by atoms with E-state index in [0.29, 0.717) is 58.9 Å². The van der Waals surface area contributed by atoms with E-state index in [1.165, 1.54) is 21.9 Å². The van der Waals surface area contributed by atoms with E-state index in [2.05, 4.69) is 71.8 Å². The number of halogens is 1. The summed E-state index contributed by atoms with van der Waals surface area (Å²) in [6.07, 6.45) is 12.2. The van der Waals surface area contributed by atoms with Crippen molar-refractivity contribution >= 4 is 75.9 Å². The average Bonchev–Trinajstić information content (AvgIpc) is 4.08. The molecule has 0 saturated carbocycles. The number of aldehydes is 1. The zero-order valence-corrected chi connectivity index (χ0v) is 38.8. The highest BCUT2D eigenvalue weighted by atomic mass is 32.2. The molecule has 18 heteroatoms. The zero-order valence-electron chi connectivity index (χ0n) is 38.0. The number of rotatable bonds is 16. The van der Waals surface area contributed by atoms with Crippen molar-refractivity contribution in [2.45, 2.75) is 82.2 Å². The maximum Gasteiger partial charge on any atom is 0.247 e. The fourth-order valence-corrected chi connectivity index (χ4v) is 9.76. The fraction of sp³-hybridized carbons (Fsp3) is 0.457. The quantitative estimate of drug-likeness (QED) is 0.0467. The Labute approximate surface area is 379 Å². The molecule has 1 aliphatic carbocycles. The molecule has 5 heterocycles. The van der Waals surface area contributed by atoms with Crippen LogP contribution in [-0.4, -0.2) is 117 Å². The third-order valence-corrected chi connectivity index (χ3v) is 12.7. The van der Waals surface area contributed by atoms with Crippen LogP contribution in [0.4, 0.5) is 27.5 Å². The highest BCUT2D eigenvalue weighted by molar-refractivity contribution is 8.00. The van der Waals surface area contributed by atoms with Crippen LogP contribution in [0.1, 0.15) is 59.6 Å². The second-order valence-electron chi connectivity index (χ2n) is 16.3. The molecule has 5 atom stereocenters. The Morgan fingerprint density at radius 2 is 1.88 bits per heavy atom. The number of thioether (sulfide) groups is 1. The summed E-state index contributed by atoms with van der Waals surface area (Å²) in [5.74, 6) is 1.60. The molecule has 342 valence electrons. The molecule has 2 fully saturated rings. The number of anilines is 4. The van der Waals surface area contributed by atoms with Crippen molar-refractivity contribution in [1.29, 1.82) is 5.41 Å². The van der Waals surface area contributed by atoms with Crippen LogP contribution in [0.15, 0.2) is 66.0 Å². The van der Waals surface area contributed by atoms with Crippen LogP contribution in [0.3, 0.4) is 0 Å². The van der Waals surface area contributed by atoms with Gasteiger partial charge in [-0.05, 0) is 89.0 Å². The molecule has 2 aliphatic heterocycles. The third kappa shape index (κ3) is 10.4. The van der Waals surface area contributed by atoms with Gasteiger partial charge in [-0.15, -0.1) is 16.9 Å². The molecule has 5 N–H and O–H groups in total. The Morgan fingerprint density at radius 3 is 2.53 bits per heavy atom. The van der Waals surface area contributed by atoms with E-state index in [1.54, 1.807) is 23.9 Å². The summed E-state index contributed by atoms with van der Waals surface area (Å²) in [5, 5.41) is 23.7. The molecule has 4 unspecified atom stereocenters. The molecule has 2 bridgehead atoms. The summed E-state index contributed by atoms with van der Waals surface area (Å²) < 4.78 is 24.9. The summed E-state index contributed by atoms with van der Waals surface area (Å²) in [6, 6.07) is 12.4. The van der Waals surface area contributed by atoms with Crippen molar-refractivity contribution in [2.24, 2.45) is 24.6 Å². The van der Waals surface area contributed by atoms with Crippen LogP contribution >= 0.6 is 11.8 Å². The normalized spacial score (nSPS) is 20.5. The molecule has 3 aliphatic rings. The van der Waals surface area contributed by atoms with Gasteiger partial charge in [-0.1, -0.05) is 32.9 Å². The van der Waals surface area contributed by atoms with Gasteiger partial charge in [0.25, 0.3) is 0 Å². The number of nitrogens with zero attached hydrogens (tertiary/aromatic N) is 9. The Bertz CT molecular complexity index is 2470. The van der Waals surface area contributed by atoms with E-state index in [1.807, 2.05) is 65.7 Å². The minimum absolute atomic E-state index is 0.176. The van der Waals surface area contributed by atoms with Gasteiger partial charge in [-0.2, -0.15) is 14.6 Å². The van der Waals surface area contributed by atoms with Crippen LogP contribution in [0.5, 0.6) is 5.75 Å². The summed E-state index contributed by atoms with van der Waals surface area (Å²) in [5.41, 5.74) is 9.20. The first kappa shape index (κ1) is 47.6. The maximum absolute atomic E-state index is 15.6. The number of aromatic nitrogens is 6. The number of carbonyl (C=O) groups excluding carboxylic acids is 2. The van der Waals surface area contributed by atoms with Crippen molar-refractivity contribution in [3.63, 3.8) is 0 Å². The van der Waals surface area contributed by atoms with Crippen molar-refractivity contribution in [3.05, 3.63) is 72.6 Å². The number of allylic oxidation sites excluding steroid dienone is 2. The van der Waals surface area contributed by atoms with Crippen LogP contribution in [0.25, 0.3) is 22.1 Å². The second kappa shape index (κ2) is 21.7. The first-order chi connectivity index (χ1) is 31.0. The predicted molar refractivity (Wildman–Crippen MR) is 255 cm³/mol. The third-order valence-electron chi connectivity index (χ3n) is 11.5. The predicted octanol–water partition coefficient (Wildman–Crippen LogP) is 6.68. The Kier molecular flexibility index (Phi) is 16.1. The molecule has 0 spiro atoms. The lowest BCUT2D eigenvalue weighted by molar-refractivity contribution is -0.108. The topological polar surface area (TPSA) is 188 Å². The lowest BCUT2D eigenvalue weighted by Crippen LogP contribution is -2.48. The van der Waals surface area contributed by atoms with Crippen LogP contribution in [0, 0.1) is 23.1 Å². The molecule has 5 aromatic rings. The van der Waals surface area contributed by atoms with Gasteiger partial charge in [0.2, 0.25) is 18.0 Å². The van der Waals surface area contributed by atoms with Crippen molar-refractivity contribution in [1.82, 2.24) is 39.6 Å². The number of hydrogen-bond acceptors (Lipinski definition) is 14. The average molecular weight is 896 g/mol. The van der Waals surface area contributed by atoms with Crippen LogP contribution < -0.4 is 30.9 Å². The Morgan fingerprint density at radius 1 is 1.09 bits per heavy atom. The number of fused-ring (bicyclic) bond motifs is 4. The summed E-state index contributed by atoms with van der Waals surface area (Å²) >= 11 is 1.68. The minimum atomic E-state index is -0.411. The number of aryl methyl sites for hydroxylation is 1. The molecule has 2 saturated heterocycles. The number of nitrogens with one attached hydrogen (secondary N) is 3. The standard InChI is InChI=1S/C42H49FN12O3S.C2H7N.C2H6/c1-25(2)58-39-38(28(18-44)19-45)46-23-55-41(39)48-42(50-55)47-36-11-9-33(17-35(36)43)59-32-8-6-26(3)27(14-32)20-53-21-31-15-30(53)22-54(31)29-7-10-34-37(16-29)51(4)49-40(34)52(24-57)12-5-13-56;1-3-2;1-2/h6-11,13,16-19,23-27,30-32,44H,5,12,14-15,20-22,45H2,1-4H3,(H,47,50);3H,1-2H3;1-2H3/b28-19+,44-18?;;/t26-,27?,30?,31?,32?;;/m1../s1. The van der Waals surface area contributed by atoms with Gasteiger partial charge in [0.05, 0.1) is 17.3 Å². The summed E-state index contributed by atoms with van der Waals surface area (Å²) in [7, 11) is 5.64. The van der Waals surface area contributed by atoms with Gasteiger partial charge in [0.1, 0.15) is 24.1 Å². The Balaban J connectivity index is 0.00000131. The van der Waals surface area contributed by atoms with Gasteiger partial charge in [0, 0.05) is 90.9 Å². The zero-order chi connectivity index (χ0) is 46.1. The number of hydrogen-bond donors (Lipinski definition) is 4. The van der Waals surface area contributed by atoms with Gasteiger partial charge < -0.3 is 36.2 Å². The number of ether oxygens (including phenoxy) is 1. The molecule has 8 rings (SSSR count). The summed E-state index contributed by atoms with van der Waals surface area (Å²) in [4.78, 5) is 39.2. The van der Waals surface area contributed by atoms with E-state index in [-0.39, 0.29) is 29.4 Å². The van der Waals surface area contributed by atoms with Crippen LogP contribution in [-0.2, 0) is 16.6 Å². The van der Waals surface area contributed by atoms with Crippen molar-refractivity contribution in [2.75, 3.05) is 55.4 Å². The highest BCUT2D eigenvalue weighted by Gasteiger charge is 2.44. The van der Waals surface area contributed by atoms with Gasteiger partial charge in [0.15, 0.2) is 11.6 Å². The van der Waals surface area contributed by atoms with E-state index in [9.17, 15) is 9.59 Å². The summed E-state index contributed by atoms with van der Waals surface area (Å²) in [6.45, 7) is 13.3. The molecule has 16 nitrogen and oxygen atoms in total. The molecule has 3 aromatic heterocycles. The molecule has 1 amide bonds. The van der Waals surface area contributed by atoms with Gasteiger partial charge in [-0.3, -0.25) is 19.3 Å². The van der Waals surface area contributed by atoms with Gasteiger partial charge in [-0.25, -0.2) is 9.37 Å². The lowest BCUT2D eigenvalue weighted by atomic mass is 9.84. The highest BCUT2D eigenvalue weighted by Crippen LogP contribution is 2.41. The maximum atomic E-state index is 15.6. The van der Waals surface area contributed by atoms with Crippen molar-refractivity contribution in [3.8, 4) is 5.75 Å². The second-order valence-corrected chi connectivity index (χ2v) is 17.6. The first-order valence-corrected chi connectivity index (χ1v) is 22.8. The van der Waals surface area contributed by atoms with E-state index < -0.39 is 5.82 Å². The number of benzene rings is 2. The molecule has 64 heavy (non-hydrogen) atoms. The Hall–Kier alpha value is -5.85. The van der Waals surface area contributed by atoms with Crippen LogP contribution in [0.2, 0.25) is 0 Å². The van der Waals surface area contributed by atoms with E-state index in [4.69, 9.17) is 15.9 Å². The van der Waals surface area contributed by atoms with E-state index in [0.717, 1.165) is 72.9 Å². The largest absolute Gasteiger partial charge is 0.485 e. The first-order valence-electron chi connectivity index (χ1n) is 22.0. The SMILES string of the molecule is CC.CC(C)Oc1c(/C(C=N)=C/N)ncn2nc(Nc3ccc(SC4C=C[C@@H](C)C(CN5CC6CC5CN6c5ccc6c(N(C=O)CCC=O)nn(C)c6c5)C4)cc3F)nc12.CNC.